The third-order valence-electron chi connectivity index (χ3n) is 7.24. The van der Waals surface area contributed by atoms with Gasteiger partial charge in [-0.2, -0.15) is 0 Å². The van der Waals surface area contributed by atoms with E-state index in [1.165, 1.54) is 17.2 Å². The SMILES string of the molecule is CC1(C)CCC(C)(C)c2cc(C(=O)COc3ccc(C(N)=O)c(O)c3N3CCOCC3)ccc21. The first-order chi connectivity index (χ1) is 16.0. The molecule has 0 bridgehead atoms. The molecule has 7 heteroatoms. The highest BCUT2D eigenvalue weighted by atomic mass is 16.5. The molecule has 1 saturated heterocycles. The van der Waals surface area contributed by atoms with Crippen LogP contribution in [0.25, 0.3) is 0 Å². The summed E-state index contributed by atoms with van der Waals surface area (Å²) in [5, 5.41) is 10.8. The summed E-state index contributed by atoms with van der Waals surface area (Å²) >= 11 is 0. The highest BCUT2D eigenvalue weighted by Gasteiger charge is 2.37. The second-order valence-corrected chi connectivity index (χ2v) is 10.5. The lowest BCUT2D eigenvalue weighted by molar-refractivity contribution is 0.0918. The van der Waals surface area contributed by atoms with E-state index in [9.17, 15) is 14.7 Å². The number of fused-ring (bicyclic) bond motifs is 1. The molecule has 7 nitrogen and oxygen atoms in total. The van der Waals surface area contributed by atoms with Gasteiger partial charge in [0, 0.05) is 18.7 Å². The molecular formula is C27H34N2O5. The normalized spacial score (nSPS) is 18.8. The molecule has 0 unspecified atom stereocenters. The van der Waals surface area contributed by atoms with Crippen molar-refractivity contribution in [1.82, 2.24) is 0 Å². The van der Waals surface area contributed by atoms with E-state index in [-0.39, 0.29) is 34.5 Å². The monoisotopic (exact) mass is 466 g/mol. The molecule has 2 aliphatic rings. The molecule has 1 fully saturated rings. The van der Waals surface area contributed by atoms with Crippen molar-refractivity contribution >= 4 is 17.4 Å². The van der Waals surface area contributed by atoms with Gasteiger partial charge in [-0.25, -0.2) is 0 Å². The van der Waals surface area contributed by atoms with Crippen LogP contribution in [0.2, 0.25) is 0 Å². The summed E-state index contributed by atoms with van der Waals surface area (Å²) in [5.74, 6) is -0.781. The lowest BCUT2D eigenvalue weighted by Crippen LogP contribution is -2.36. The zero-order chi connectivity index (χ0) is 24.7. The second-order valence-electron chi connectivity index (χ2n) is 10.5. The minimum absolute atomic E-state index is 0.00187. The number of benzene rings is 2. The molecule has 2 aromatic carbocycles. The van der Waals surface area contributed by atoms with Gasteiger partial charge in [0.2, 0.25) is 0 Å². The number of ether oxygens (including phenoxy) is 2. The van der Waals surface area contributed by atoms with Gasteiger partial charge in [0.05, 0.1) is 18.8 Å². The van der Waals surface area contributed by atoms with E-state index < -0.39 is 5.91 Å². The van der Waals surface area contributed by atoms with Crippen LogP contribution in [-0.2, 0) is 15.6 Å². The molecule has 1 aliphatic carbocycles. The van der Waals surface area contributed by atoms with Crippen molar-refractivity contribution < 1.29 is 24.2 Å². The molecule has 1 heterocycles. The summed E-state index contributed by atoms with van der Waals surface area (Å²) in [6.45, 7) is 10.8. The average Bonchev–Trinajstić information content (AvgIpc) is 2.80. The van der Waals surface area contributed by atoms with Crippen LogP contribution >= 0.6 is 0 Å². The Morgan fingerprint density at radius 2 is 1.68 bits per heavy atom. The van der Waals surface area contributed by atoms with Gasteiger partial charge in [0.15, 0.2) is 18.1 Å². The van der Waals surface area contributed by atoms with Crippen LogP contribution in [0.4, 0.5) is 5.69 Å². The van der Waals surface area contributed by atoms with Gasteiger partial charge < -0.3 is 25.2 Å². The van der Waals surface area contributed by atoms with E-state index in [4.69, 9.17) is 15.2 Å². The number of hydrogen-bond donors (Lipinski definition) is 2. The first-order valence-electron chi connectivity index (χ1n) is 11.8. The number of morpholine rings is 1. The van der Waals surface area contributed by atoms with E-state index >= 15 is 0 Å². The second kappa shape index (κ2) is 8.95. The van der Waals surface area contributed by atoms with Gasteiger partial charge in [0.1, 0.15) is 11.4 Å². The van der Waals surface area contributed by atoms with Gasteiger partial charge in [0.25, 0.3) is 5.91 Å². The highest BCUT2D eigenvalue weighted by molar-refractivity contribution is 5.99. The molecule has 0 atom stereocenters. The summed E-state index contributed by atoms with van der Waals surface area (Å²) in [6, 6.07) is 8.97. The van der Waals surface area contributed by atoms with E-state index in [2.05, 4.69) is 33.8 Å². The van der Waals surface area contributed by atoms with E-state index in [1.54, 1.807) is 6.07 Å². The van der Waals surface area contributed by atoms with Crippen molar-refractivity contribution in [2.45, 2.75) is 51.4 Å². The Kier molecular flexibility index (Phi) is 6.34. The standard InChI is InChI=1S/C27H34N2O5/c1-26(2)9-10-27(3,4)20-15-17(5-7-19(20)26)21(30)16-34-22-8-6-18(25(28)32)24(31)23(22)29-11-13-33-14-12-29/h5-8,15,31H,9-14,16H2,1-4H3,(H2,28,32). The number of primary amides is 1. The summed E-state index contributed by atoms with van der Waals surface area (Å²) < 4.78 is 11.3. The van der Waals surface area contributed by atoms with Crippen LogP contribution in [0.3, 0.4) is 0 Å². The summed E-state index contributed by atoms with van der Waals surface area (Å²) in [6.07, 6.45) is 2.17. The van der Waals surface area contributed by atoms with Crippen LogP contribution in [0.15, 0.2) is 30.3 Å². The number of hydrogen-bond acceptors (Lipinski definition) is 6. The predicted molar refractivity (Wildman–Crippen MR) is 131 cm³/mol. The van der Waals surface area contributed by atoms with Gasteiger partial charge in [-0.1, -0.05) is 39.8 Å². The number of rotatable bonds is 6. The molecule has 2 aromatic rings. The maximum atomic E-state index is 13.1. The van der Waals surface area contributed by atoms with Crippen LogP contribution in [-0.4, -0.2) is 49.7 Å². The minimum Gasteiger partial charge on any atom is -0.505 e. The molecule has 0 spiro atoms. The Labute approximate surface area is 200 Å². The fourth-order valence-electron chi connectivity index (χ4n) is 4.96. The van der Waals surface area contributed by atoms with Crippen molar-refractivity contribution in [1.29, 1.82) is 0 Å². The van der Waals surface area contributed by atoms with Crippen molar-refractivity contribution in [2.24, 2.45) is 5.73 Å². The van der Waals surface area contributed by atoms with Gasteiger partial charge in [-0.15, -0.1) is 0 Å². The van der Waals surface area contributed by atoms with Gasteiger partial charge in [-0.3, -0.25) is 9.59 Å². The molecular weight excluding hydrogens is 432 g/mol. The topological polar surface area (TPSA) is 102 Å². The number of anilines is 1. The molecule has 3 N–H and O–H groups in total. The number of amides is 1. The van der Waals surface area contributed by atoms with E-state index in [0.29, 0.717) is 43.3 Å². The Balaban J connectivity index is 1.60. The fraction of sp³-hybridized carbons (Fsp3) is 0.481. The Bertz CT molecular complexity index is 1120. The molecule has 1 aliphatic heterocycles. The van der Waals surface area contributed by atoms with Crippen molar-refractivity contribution in [3.8, 4) is 11.5 Å². The van der Waals surface area contributed by atoms with E-state index in [0.717, 1.165) is 12.8 Å². The summed E-state index contributed by atoms with van der Waals surface area (Å²) in [5.41, 5.74) is 8.99. The number of nitrogens with zero attached hydrogens (tertiary/aromatic N) is 1. The molecule has 0 saturated carbocycles. The molecule has 4 rings (SSSR count). The zero-order valence-corrected chi connectivity index (χ0v) is 20.4. The lowest BCUT2D eigenvalue weighted by atomic mass is 9.63. The van der Waals surface area contributed by atoms with Crippen LogP contribution < -0.4 is 15.4 Å². The minimum atomic E-state index is -0.728. The molecule has 182 valence electrons. The maximum absolute atomic E-state index is 13.1. The zero-order valence-electron chi connectivity index (χ0n) is 20.4. The predicted octanol–water partition coefficient (Wildman–Crippen LogP) is 3.94. The molecule has 0 radical (unpaired) electrons. The largest absolute Gasteiger partial charge is 0.505 e. The summed E-state index contributed by atoms with van der Waals surface area (Å²) in [4.78, 5) is 26.8. The Morgan fingerprint density at radius 1 is 1.03 bits per heavy atom. The van der Waals surface area contributed by atoms with Gasteiger partial charge >= 0.3 is 0 Å². The van der Waals surface area contributed by atoms with Crippen LogP contribution in [0.5, 0.6) is 11.5 Å². The van der Waals surface area contributed by atoms with Crippen molar-refractivity contribution in [2.75, 3.05) is 37.8 Å². The van der Waals surface area contributed by atoms with Crippen LogP contribution in [0, 0.1) is 0 Å². The third-order valence-corrected chi connectivity index (χ3v) is 7.24. The Morgan fingerprint density at radius 3 is 2.32 bits per heavy atom. The number of carbonyl (C=O) groups excluding carboxylic acids is 2. The maximum Gasteiger partial charge on any atom is 0.252 e. The molecule has 1 amide bonds. The smallest absolute Gasteiger partial charge is 0.252 e. The fourth-order valence-corrected chi connectivity index (χ4v) is 4.96. The number of nitrogens with two attached hydrogens (primary N) is 1. The molecule has 34 heavy (non-hydrogen) atoms. The first kappa shape index (κ1) is 24.1. The third kappa shape index (κ3) is 4.49. The lowest BCUT2D eigenvalue weighted by Gasteiger charge is -2.42. The van der Waals surface area contributed by atoms with E-state index in [1.807, 2.05) is 17.0 Å². The van der Waals surface area contributed by atoms with Crippen LogP contribution in [0.1, 0.15) is 72.4 Å². The number of ketones is 1. The van der Waals surface area contributed by atoms with Crippen molar-refractivity contribution in [3.05, 3.63) is 52.6 Å². The highest BCUT2D eigenvalue weighted by Crippen LogP contribution is 2.46. The summed E-state index contributed by atoms with van der Waals surface area (Å²) in [7, 11) is 0. The average molecular weight is 467 g/mol. The number of aromatic hydroxyl groups is 1. The van der Waals surface area contributed by atoms with Crippen molar-refractivity contribution in [3.63, 3.8) is 0 Å². The number of carbonyl (C=O) groups is 2. The quantitative estimate of drug-likeness (QED) is 0.626. The number of Topliss-reactive ketones (excluding diaryl/α,β-unsaturated/α-hetero) is 1. The first-order valence-corrected chi connectivity index (χ1v) is 11.8. The van der Waals surface area contributed by atoms with Gasteiger partial charge in [-0.05, 0) is 53.0 Å². The Hall–Kier alpha value is -3.06. The number of phenols is 1. The molecule has 0 aromatic heterocycles.